The zero-order valence-electron chi connectivity index (χ0n) is 11.1. The lowest BCUT2D eigenvalue weighted by atomic mass is 10.1. The average molecular weight is 278 g/mol. The summed E-state index contributed by atoms with van der Waals surface area (Å²) in [6.45, 7) is 2.10. The first-order valence-electron chi connectivity index (χ1n) is 5.76. The molecular formula is C11H22O4SSi. The summed E-state index contributed by atoms with van der Waals surface area (Å²) < 4.78 is 15.7. The molecule has 0 aromatic heterocycles. The largest absolute Gasteiger partial charge is 0.505 e. The molecule has 0 aromatic carbocycles. The molecule has 0 radical (unpaired) electrons. The Balaban J connectivity index is 4.26. The molecule has 0 rings (SSSR count). The van der Waals surface area contributed by atoms with Crippen LogP contribution in [-0.2, 0) is 18.1 Å². The van der Waals surface area contributed by atoms with E-state index >= 15 is 0 Å². The monoisotopic (exact) mass is 278 g/mol. The summed E-state index contributed by atoms with van der Waals surface area (Å²) in [6, 6.07) is 0.288. The van der Waals surface area contributed by atoms with Crippen molar-refractivity contribution in [3.8, 4) is 0 Å². The van der Waals surface area contributed by atoms with Gasteiger partial charge in [-0.3, -0.25) is 4.79 Å². The van der Waals surface area contributed by atoms with Gasteiger partial charge in [-0.1, -0.05) is 32.0 Å². The Hall–Kier alpha value is -0.143. The third kappa shape index (κ3) is 5.83. The maximum Gasteiger partial charge on any atom is 0.505 e. The molecule has 0 atom stereocenters. The number of rotatable bonds is 10. The second kappa shape index (κ2) is 8.88. The standard InChI is InChI=1S/C11H22O4SSi/c1-5-6-7-8-10(12)11(16)9-17(13-2,14-3)15-4/h5-9H2,1-4H3. The molecule has 0 fully saturated rings. The number of hydrogen-bond donors (Lipinski definition) is 0. The van der Waals surface area contributed by atoms with Gasteiger partial charge in [0.15, 0.2) is 5.78 Å². The number of thiocarbonyl (C=S) groups is 1. The lowest BCUT2D eigenvalue weighted by Gasteiger charge is -2.24. The van der Waals surface area contributed by atoms with Crippen LogP contribution in [0.3, 0.4) is 0 Å². The van der Waals surface area contributed by atoms with Crippen LogP contribution in [0.15, 0.2) is 0 Å². The Labute approximate surface area is 110 Å². The molecule has 0 heterocycles. The van der Waals surface area contributed by atoms with Crippen molar-refractivity contribution in [1.82, 2.24) is 0 Å². The van der Waals surface area contributed by atoms with Crippen molar-refractivity contribution in [1.29, 1.82) is 0 Å². The fraction of sp³-hybridized carbons (Fsp3) is 0.818. The number of carbonyl (C=O) groups is 1. The second-order valence-electron chi connectivity index (χ2n) is 3.78. The molecule has 6 heteroatoms. The normalized spacial score (nSPS) is 11.5. The van der Waals surface area contributed by atoms with Gasteiger partial charge >= 0.3 is 8.80 Å². The second-order valence-corrected chi connectivity index (χ2v) is 7.21. The topological polar surface area (TPSA) is 44.8 Å². The predicted octanol–water partition coefficient (Wildman–Crippen LogP) is 2.38. The van der Waals surface area contributed by atoms with Gasteiger partial charge in [-0.15, -0.1) is 0 Å². The molecule has 0 amide bonds. The van der Waals surface area contributed by atoms with Gasteiger partial charge in [0, 0.05) is 27.8 Å². The molecular weight excluding hydrogens is 256 g/mol. The van der Waals surface area contributed by atoms with Crippen LogP contribution in [0.5, 0.6) is 0 Å². The van der Waals surface area contributed by atoms with Crippen LogP contribution in [0, 0.1) is 0 Å². The smallest absolute Gasteiger partial charge is 0.377 e. The van der Waals surface area contributed by atoms with Crippen LogP contribution in [0.25, 0.3) is 0 Å². The van der Waals surface area contributed by atoms with Crippen molar-refractivity contribution in [2.75, 3.05) is 21.3 Å². The first kappa shape index (κ1) is 16.9. The van der Waals surface area contributed by atoms with E-state index < -0.39 is 8.80 Å². The van der Waals surface area contributed by atoms with E-state index in [-0.39, 0.29) is 11.8 Å². The Morgan fingerprint density at radius 1 is 1.12 bits per heavy atom. The molecule has 0 aromatic rings. The van der Waals surface area contributed by atoms with Crippen LogP contribution >= 0.6 is 12.2 Å². The molecule has 0 N–H and O–H groups in total. The average Bonchev–Trinajstić information content (AvgIpc) is 2.36. The van der Waals surface area contributed by atoms with Crippen LogP contribution < -0.4 is 0 Å². The van der Waals surface area contributed by atoms with Crippen LogP contribution in [0.4, 0.5) is 0 Å². The minimum Gasteiger partial charge on any atom is -0.377 e. The van der Waals surface area contributed by atoms with Crippen molar-refractivity contribution in [2.45, 2.75) is 38.7 Å². The summed E-state index contributed by atoms with van der Waals surface area (Å²) in [7, 11) is 1.80. The number of unbranched alkanes of at least 4 members (excludes halogenated alkanes) is 2. The molecule has 0 spiro atoms. The van der Waals surface area contributed by atoms with Crippen molar-refractivity contribution in [3.63, 3.8) is 0 Å². The number of ketones is 1. The molecule has 0 saturated carbocycles. The third-order valence-corrected chi connectivity index (χ3v) is 5.91. The van der Waals surface area contributed by atoms with E-state index in [2.05, 4.69) is 6.92 Å². The fourth-order valence-corrected chi connectivity index (χ4v) is 3.59. The van der Waals surface area contributed by atoms with Crippen LogP contribution in [-0.4, -0.2) is 40.8 Å². The quantitative estimate of drug-likeness (QED) is 0.349. The van der Waals surface area contributed by atoms with Gasteiger partial charge < -0.3 is 13.3 Å². The maximum absolute atomic E-state index is 11.8. The molecule has 100 valence electrons. The number of Topliss-reactive ketones (excluding diaryl/α,β-unsaturated/α-hetero) is 1. The molecule has 0 saturated heterocycles. The summed E-state index contributed by atoms with van der Waals surface area (Å²) >= 11 is 5.12. The van der Waals surface area contributed by atoms with Crippen LogP contribution in [0.1, 0.15) is 32.6 Å². The van der Waals surface area contributed by atoms with Gasteiger partial charge in [0.25, 0.3) is 0 Å². The minimum absolute atomic E-state index is 0.0106. The maximum atomic E-state index is 11.8. The van der Waals surface area contributed by atoms with Crippen LogP contribution in [0.2, 0.25) is 6.04 Å². The van der Waals surface area contributed by atoms with E-state index in [4.69, 9.17) is 25.5 Å². The Morgan fingerprint density at radius 2 is 1.65 bits per heavy atom. The van der Waals surface area contributed by atoms with E-state index in [0.717, 1.165) is 19.3 Å². The zero-order valence-corrected chi connectivity index (χ0v) is 12.9. The summed E-state index contributed by atoms with van der Waals surface area (Å²) in [6.07, 6.45) is 3.54. The highest BCUT2D eigenvalue weighted by molar-refractivity contribution is 7.82. The Morgan fingerprint density at radius 3 is 2.06 bits per heavy atom. The number of carbonyl (C=O) groups excluding carboxylic acids is 1. The lowest BCUT2D eigenvalue weighted by molar-refractivity contribution is -0.113. The highest BCUT2D eigenvalue weighted by atomic mass is 32.1. The van der Waals surface area contributed by atoms with E-state index in [0.29, 0.717) is 11.3 Å². The van der Waals surface area contributed by atoms with E-state index in [9.17, 15) is 4.79 Å². The van der Waals surface area contributed by atoms with Crippen molar-refractivity contribution in [2.24, 2.45) is 0 Å². The van der Waals surface area contributed by atoms with Crippen molar-refractivity contribution >= 4 is 31.7 Å². The SMILES string of the molecule is CCCCCC(=O)C(=S)C[Si](OC)(OC)OC. The molecule has 0 bridgehead atoms. The minimum atomic E-state index is -2.75. The van der Waals surface area contributed by atoms with Crippen molar-refractivity contribution < 1.29 is 18.1 Å². The summed E-state index contributed by atoms with van der Waals surface area (Å²) in [5.74, 6) is 0.0106. The molecule has 0 aliphatic heterocycles. The summed E-state index contributed by atoms with van der Waals surface area (Å²) in [5, 5.41) is 0. The summed E-state index contributed by atoms with van der Waals surface area (Å²) in [4.78, 5) is 12.1. The summed E-state index contributed by atoms with van der Waals surface area (Å²) in [5.41, 5.74) is 0. The van der Waals surface area contributed by atoms with E-state index in [1.165, 1.54) is 21.3 Å². The molecule has 4 nitrogen and oxygen atoms in total. The van der Waals surface area contributed by atoms with Gasteiger partial charge in [-0.05, 0) is 6.42 Å². The van der Waals surface area contributed by atoms with Gasteiger partial charge in [-0.2, -0.15) is 0 Å². The predicted molar refractivity (Wildman–Crippen MR) is 73.3 cm³/mol. The Bertz CT molecular complexity index is 246. The van der Waals surface area contributed by atoms with E-state index in [1.54, 1.807) is 0 Å². The van der Waals surface area contributed by atoms with Gasteiger partial charge in [-0.25, -0.2) is 0 Å². The molecule has 17 heavy (non-hydrogen) atoms. The highest BCUT2D eigenvalue weighted by Crippen LogP contribution is 2.15. The fourth-order valence-electron chi connectivity index (χ4n) is 1.44. The molecule has 0 aliphatic rings. The first-order valence-corrected chi connectivity index (χ1v) is 8.10. The number of hydrogen-bond acceptors (Lipinski definition) is 5. The van der Waals surface area contributed by atoms with Crippen molar-refractivity contribution in [3.05, 3.63) is 0 Å². The van der Waals surface area contributed by atoms with Gasteiger partial charge in [0.1, 0.15) is 0 Å². The first-order chi connectivity index (χ1) is 8.05. The Kier molecular flexibility index (Phi) is 8.80. The zero-order chi connectivity index (χ0) is 13.3. The molecule has 0 aliphatic carbocycles. The highest BCUT2D eigenvalue weighted by Gasteiger charge is 2.40. The van der Waals surface area contributed by atoms with E-state index in [1.807, 2.05) is 0 Å². The molecule has 0 unspecified atom stereocenters. The lowest BCUT2D eigenvalue weighted by Crippen LogP contribution is -2.45. The third-order valence-electron chi connectivity index (χ3n) is 2.63. The van der Waals surface area contributed by atoms with Gasteiger partial charge in [0.2, 0.25) is 0 Å². The van der Waals surface area contributed by atoms with Gasteiger partial charge in [0.05, 0.1) is 10.9 Å².